The van der Waals surface area contributed by atoms with Gasteiger partial charge in [0, 0.05) is 0 Å². The third-order valence-electron chi connectivity index (χ3n) is 3.88. The molecular formula is C19H25NO. The van der Waals surface area contributed by atoms with E-state index >= 15 is 0 Å². The monoisotopic (exact) mass is 283 g/mol. The zero-order chi connectivity index (χ0) is 15.2. The van der Waals surface area contributed by atoms with Crippen molar-refractivity contribution in [3.8, 4) is 5.75 Å². The van der Waals surface area contributed by atoms with E-state index in [1.807, 2.05) is 6.07 Å². The first-order valence-electron chi connectivity index (χ1n) is 7.68. The van der Waals surface area contributed by atoms with Crippen LogP contribution < -0.4 is 10.1 Å². The number of nitrogens with one attached hydrogen (secondary N) is 1. The Hall–Kier alpha value is -1.96. The maximum atomic E-state index is 5.46. The normalized spacial score (nSPS) is 12.0. The van der Waals surface area contributed by atoms with E-state index in [2.05, 4.69) is 62.5 Å². The van der Waals surface area contributed by atoms with Gasteiger partial charge < -0.3 is 10.1 Å². The minimum atomic E-state index is 0.298. The Morgan fingerprint density at radius 3 is 2.33 bits per heavy atom. The minimum Gasteiger partial charge on any atom is -0.495 e. The van der Waals surface area contributed by atoms with Crippen LogP contribution in [0.4, 0.5) is 5.69 Å². The van der Waals surface area contributed by atoms with E-state index in [-0.39, 0.29) is 0 Å². The summed E-state index contributed by atoms with van der Waals surface area (Å²) < 4.78 is 5.46. The number of anilines is 1. The van der Waals surface area contributed by atoms with Crippen LogP contribution in [0, 0.1) is 6.92 Å². The highest BCUT2D eigenvalue weighted by molar-refractivity contribution is 5.59. The molecule has 0 spiro atoms. The number of hydrogen-bond donors (Lipinski definition) is 1. The number of aryl methyl sites for hydroxylation is 2. The summed E-state index contributed by atoms with van der Waals surface area (Å²) in [6.45, 7) is 6.48. The SMILES string of the molecule is CCc1ccc(C(CC)Nc2cc(C)ccc2OC)cc1. The lowest BCUT2D eigenvalue weighted by atomic mass is 10.0. The number of methoxy groups -OCH3 is 1. The van der Waals surface area contributed by atoms with Crippen LogP contribution in [-0.2, 0) is 6.42 Å². The average Bonchev–Trinajstić information content (AvgIpc) is 2.53. The number of ether oxygens (including phenoxy) is 1. The summed E-state index contributed by atoms with van der Waals surface area (Å²) in [5, 5.41) is 3.62. The average molecular weight is 283 g/mol. The van der Waals surface area contributed by atoms with Crippen LogP contribution in [0.5, 0.6) is 5.75 Å². The highest BCUT2D eigenvalue weighted by Crippen LogP contribution is 2.30. The summed E-state index contributed by atoms with van der Waals surface area (Å²) in [5.41, 5.74) is 4.98. The molecule has 1 N–H and O–H groups in total. The molecule has 2 aromatic carbocycles. The third kappa shape index (κ3) is 3.78. The molecule has 0 saturated heterocycles. The zero-order valence-corrected chi connectivity index (χ0v) is 13.4. The molecule has 0 saturated carbocycles. The molecule has 0 aliphatic heterocycles. The summed E-state index contributed by atoms with van der Waals surface area (Å²) in [6.07, 6.45) is 2.11. The Morgan fingerprint density at radius 1 is 1.05 bits per heavy atom. The van der Waals surface area contributed by atoms with Crippen LogP contribution in [0.1, 0.15) is 43.0 Å². The minimum absolute atomic E-state index is 0.298. The fraction of sp³-hybridized carbons (Fsp3) is 0.368. The lowest BCUT2D eigenvalue weighted by molar-refractivity contribution is 0.416. The van der Waals surface area contributed by atoms with E-state index in [9.17, 15) is 0 Å². The van der Waals surface area contributed by atoms with Crippen LogP contribution >= 0.6 is 0 Å². The summed E-state index contributed by atoms with van der Waals surface area (Å²) in [5.74, 6) is 0.893. The standard InChI is InChI=1S/C19H25NO/c1-5-15-8-10-16(11-9-15)17(6-2)20-18-13-14(3)7-12-19(18)21-4/h7-13,17,20H,5-6H2,1-4H3. The lowest BCUT2D eigenvalue weighted by Crippen LogP contribution is -2.10. The molecule has 2 heteroatoms. The first-order chi connectivity index (χ1) is 10.2. The highest BCUT2D eigenvalue weighted by atomic mass is 16.5. The highest BCUT2D eigenvalue weighted by Gasteiger charge is 2.12. The number of benzene rings is 2. The van der Waals surface area contributed by atoms with E-state index in [0.29, 0.717) is 6.04 Å². The van der Waals surface area contributed by atoms with Gasteiger partial charge >= 0.3 is 0 Å². The number of rotatable bonds is 6. The summed E-state index contributed by atoms with van der Waals surface area (Å²) >= 11 is 0. The third-order valence-corrected chi connectivity index (χ3v) is 3.88. The first-order valence-corrected chi connectivity index (χ1v) is 7.68. The second kappa shape index (κ2) is 7.16. The van der Waals surface area contributed by atoms with Crippen molar-refractivity contribution in [1.29, 1.82) is 0 Å². The van der Waals surface area contributed by atoms with Gasteiger partial charge in [0.1, 0.15) is 5.75 Å². The van der Waals surface area contributed by atoms with Gasteiger partial charge in [-0.2, -0.15) is 0 Å². The van der Waals surface area contributed by atoms with Crippen molar-refractivity contribution in [3.63, 3.8) is 0 Å². The molecule has 21 heavy (non-hydrogen) atoms. The van der Waals surface area contributed by atoms with Crippen molar-refractivity contribution in [2.24, 2.45) is 0 Å². The van der Waals surface area contributed by atoms with Crippen molar-refractivity contribution < 1.29 is 4.74 Å². The van der Waals surface area contributed by atoms with E-state index in [4.69, 9.17) is 4.74 Å². The smallest absolute Gasteiger partial charge is 0.141 e. The summed E-state index contributed by atoms with van der Waals surface area (Å²) in [7, 11) is 1.72. The van der Waals surface area contributed by atoms with Gasteiger partial charge in [0.05, 0.1) is 18.8 Å². The molecule has 0 amide bonds. The predicted octanol–water partition coefficient (Wildman–Crippen LogP) is 5.13. The Kier molecular flexibility index (Phi) is 5.26. The van der Waals surface area contributed by atoms with Gasteiger partial charge in [-0.25, -0.2) is 0 Å². The van der Waals surface area contributed by atoms with Crippen LogP contribution in [-0.4, -0.2) is 7.11 Å². The van der Waals surface area contributed by atoms with E-state index in [0.717, 1.165) is 24.3 Å². The van der Waals surface area contributed by atoms with Gasteiger partial charge in [-0.1, -0.05) is 44.2 Å². The van der Waals surface area contributed by atoms with Crippen molar-refractivity contribution in [2.75, 3.05) is 12.4 Å². The van der Waals surface area contributed by atoms with Crippen LogP contribution in [0.25, 0.3) is 0 Å². The van der Waals surface area contributed by atoms with E-state index in [1.165, 1.54) is 16.7 Å². The molecule has 0 bridgehead atoms. The van der Waals surface area contributed by atoms with Gasteiger partial charge in [-0.3, -0.25) is 0 Å². The number of hydrogen-bond acceptors (Lipinski definition) is 2. The Balaban J connectivity index is 2.23. The van der Waals surface area contributed by atoms with Gasteiger partial charge in [-0.15, -0.1) is 0 Å². The van der Waals surface area contributed by atoms with Gasteiger partial charge in [0.2, 0.25) is 0 Å². The summed E-state index contributed by atoms with van der Waals surface area (Å²) in [6, 6.07) is 15.4. The summed E-state index contributed by atoms with van der Waals surface area (Å²) in [4.78, 5) is 0. The molecule has 1 unspecified atom stereocenters. The molecular weight excluding hydrogens is 258 g/mol. The lowest BCUT2D eigenvalue weighted by Gasteiger charge is -2.21. The molecule has 0 fully saturated rings. The molecule has 0 radical (unpaired) electrons. The van der Waals surface area contributed by atoms with Gasteiger partial charge in [-0.05, 0) is 48.6 Å². The molecule has 1 atom stereocenters. The van der Waals surface area contributed by atoms with E-state index < -0.39 is 0 Å². The molecule has 2 aromatic rings. The molecule has 2 nitrogen and oxygen atoms in total. The van der Waals surface area contributed by atoms with Gasteiger partial charge in [0.25, 0.3) is 0 Å². The van der Waals surface area contributed by atoms with Crippen LogP contribution in [0.2, 0.25) is 0 Å². The van der Waals surface area contributed by atoms with Crippen LogP contribution in [0.15, 0.2) is 42.5 Å². The van der Waals surface area contributed by atoms with Crippen molar-refractivity contribution in [1.82, 2.24) is 0 Å². The van der Waals surface area contributed by atoms with Gasteiger partial charge in [0.15, 0.2) is 0 Å². The molecule has 112 valence electrons. The topological polar surface area (TPSA) is 21.3 Å². The Labute approximate surface area is 128 Å². The maximum Gasteiger partial charge on any atom is 0.141 e. The van der Waals surface area contributed by atoms with Crippen LogP contribution in [0.3, 0.4) is 0 Å². The zero-order valence-electron chi connectivity index (χ0n) is 13.4. The fourth-order valence-corrected chi connectivity index (χ4v) is 2.53. The molecule has 0 aliphatic carbocycles. The predicted molar refractivity (Wildman–Crippen MR) is 90.2 cm³/mol. The van der Waals surface area contributed by atoms with Crippen molar-refractivity contribution in [3.05, 3.63) is 59.2 Å². The fourth-order valence-electron chi connectivity index (χ4n) is 2.53. The molecule has 0 aliphatic rings. The largest absolute Gasteiger partial charge is 0.495 e. The van der Waals surface area contributed by atoms with Crippen molar-refractivity contribution in [2.45, 2.75) is 39.7 Å². The van der Waals surface area contributed by atoms with E-state index in [1.54, 1.807) is 7.11 Å². The molecule has 0 aromatic heterocycles. The second-order valence-corrected chi connectivity index (χ2v) is 5.40. The second-order valence-electron chi connectivity index (χ2n) is 5.40. The van der Waals surface area contributed by atoms with Crippen molar-refractivity contribution >= 4 is 5.69 Å². The Morgan fingerprint density at radius 2 is 1.76 bits per heavy atom. The molecule has 0 heterocycles. The first kappa shape index (κ1) is 15.4. The molecule has 2 rings (SSSR count). The quantitative estimate of drug-likeness (QED) is 0.793. The maximum absolute atomic E-state index is 5.46. The Bertz CT molecular complexity index is 575.